The Kier molecular flexibility index (Phi) is 6.95. The minimum absolute atomic E-state index is 0.0462. The Balaban J connectivity index is 1.60. The number of hydrogen-bond donors (Lipinski definition) is 1. The van der Waals surface area contributed by atoms with Crippen LogP contribution in [-0.4, -0.2) is 41.1 Å². The summed E-state index contributed by atoms with van der Waals surface area (Å²) in [5.41, 5.74) is 5.45. The van der Waals surface area contributed by atoms with Crippen molar-refractivity contribution >= 4 is 5.91 Å². The number of carbonyl (C=O) groups excluding carboxylic acids is 1. The van der Waals surface area contributed by atoms with E-state index in [1.54, 1.807) is 0 Å². The number of aromatic nitrogens is 1. The number of hydrogen-bond acceptors (Lipinski definition) is 2. The molecule has 1 fully saturated rings. The van der Waals surface area contributed by atoms with Gasteiger partial charge < -0.3 is 14.8 Å². The second-order valence-corrected chi connectivity index (χ2v) is 8.38. The molecule has 1 aliphatic heterocycles. The van der Waals surface area contributed by atoms with E-state index >= 15 is 0 Å². The molecule has 28 heavy (non-hydrogen) atoms. The first-order chi connectivity index (χ1) is 13.5. The molecular formula is C24H35N3O. The molecule has 1 aromatic carbocycles. The van der Waals surface area contributed by atoms with Gasteiger partial charge in [-0.05, 0) is 70.7 Å². The van der Waals surface area contributed by atoms with Crippen LogP contribution in [0.1, 0.15) is 65.5 Å². The van der Waals surface area contributed by atoms with Crippen LogP contribution in [0.25, 0.3) is 0 Å². The molecule has 3 rings (SSSR count). The molecule has 1 unspecified atom stereocenters. The topological polar surface area (TPSA) is 37.3 Å². The number of amides is 1. The first kappa shape index (κ1) is 20.7. The zero-order valence-corrected chi connectivity index (χ0v) is 17.9. The highest BCUT2D eigenvalue weighted by Crippen LogP contribution is 2.18. The van der Waals surface area contributed by atoms with Gasteiger partial charge in [0.05, 0.1) is 0 Å². The summed E-state index contributed by atoms with van der Waals surface area (Å²) in [5.74, 6) is 0.0462. The molecule has 1 amide bonds. The number of likely N-dealkylation sites (tertiary alicyclic amines) is 1. The fourth-order valence-electron chi connectivity index (χ4n) is 4.40. The van der Waals surface area contributed by atoms with E-state index in [4.69, 9.17) is 0 Å². The van der Waals surface area contributed by atoms with Crippen LogP contribution in [0.5, 0.6) is 0 Å². The minimum atomic E-state index is 0.0462. The molecule has 0 saturated carbocycles. The SMILES string of the molecule is Cc1cccc(Cn2c(C)cc(C)c2C(=O)NCCCN2CCCCC2C)c1. The quantitative estimate of drug-likeness (QED) is 0.719. The smallest absolute Gasteiger partial charge is 0.268 e. The second kappa shape index (κ2) is 9.42. The first-order valence-corrected chi connectivity index (χ1v) is 10.7. The van der Waals surface area contributed by atoms with E-state index in [-0.39, 0.29) is 5.91 Å². The number of rotatable bonds is 7. The second-order valence-electron chi connectivity index (χ2n) is 8.38. The van der Waals surface area contributed by atoms with E-state index in [0.717, 1.165) is 43.0 Å². The summed E-state index contributed by atoms with van der Waals surface area (Å²) in [5, 5.41) is 3.16. The predicted molar refractivity (Wildman–Crippen MR) is 116 cm³/mol. The summed E-state index contributed by atoms with van der Waals surface area (Å²) in [6, 6.07) is 11.3. The predicted octanol–water partition coefficient (Wildman–Crippen LogP) is 4.46. The third-order valence-corrected chi connectivity index (χ3v) is 5.98. The van der Waals surface area contributed by atoms with Crippen LogP contribution in [0.15, 0.2) is 30.3 Å². The van der Waals surface area contributed by atoms with Crippen LogP contribution in [-0.2, 0) is 6.54 Å². The van der Waals surface area contributed by atoms with Crippen LogP contribution in [0.3, 0.4) is 0 Å². The maximum Gasteiger partial charge on any atom is 0.268 e. The van der Waals surface area contributed by atoms with E-state index < -0.39 is 0 Å². The van der Waals surface area contributed by atoms with Crippen molar-refractivity contribution in [1.82, 2.24) is 14.8 Å². The number of piperidine rings is 1. The monoisotopic (exact) mass is 381 g/mol. The highest BCUT2D eigenvalue weighted by Gasteiger charge is 2.19. The van der Waals surface area contributed by atoms with E-state index in [1.807, 2.05) is 6.92 Å². The highest BCUT2D eigenvalue weighted by molar-refractivity contribution is 5.94. The van der Waals surface area contributed by atoms with Crippen molar-refractivity contribution in [3.63, 3.8) is 0 Å². The molecule has 1 aliphatic rings. The number of aryl methyl sites for hydroxylation is 3. The van der Waals surface area contributed by atoms with Gasteiger partial charge in [-0.25, -0.2) is 0 Å². The molecule has 4 nitrogen and oxygen atoms in total. The highest BCUT2D eigenvalue weighted by atomic mass is 16.1. The van der Waals surface area contributed by atoms with Crippen molar-refractivity contribution in [3.05, 3.63) is 58.4 Å². The van der Waals surface area contributed by atoms with Gasteiger partial charge in [-0.3, -0.25) is 4.79 Å². The fraction of sp³-hybridized carbons (Fsp3) is 0.542. The average molecular weight is 382 g/mol. The lowest BCUT2D eigenvalue weighted by molar-refractivity contribution is 0.0939. The summed E-state index contributed by atoms with van der Waals surface area (Å²) < 4.78 is 2.14. The molecule has 2 heterocycles. The maximum absolute atomic E-state index is 12.9. The summed E-state index contributed by atoms with van der Waals surface area (Å²) in [7, 11) is 0. The van der Waals surface area contributed by atoms with Gasteiger partial charge in [0.2, 0.25) is 0 Å². The van der Waals surface area contributed by atoms with Gasteiger partial charge in [0, 0.05) is 31.4 Å². The molecule has 0 radical (unpaired) electrons. The van der Waals surface area contributed by atoms with Crippen LogP contribution in [0, 0.1) is 20.8 Å². The average Bonchev–Trinajstić information content (AvgIpc) is 2.93. The first-order valence-electron chi connectivity index (χ1n) is 10.7. The minimum Gasteiger partial charge on any atom is -0.351 e. The normalized spacial score (nSPS) is 17.6. The molecular weight excluding hydrogens is 346 g/mol. The lowest BCUT2D eigenvalue weighted by Crippen LogP contribution is -2.39. The van der Waals surface area contributed by atoms with Gasteiger partial charge in [0.1, 0.15) is 5.69 Å². The third kappa shape index (κ3) is 5.05. The van der Waals surface area contributed by atoms with Gasteiger partial charge in [0.25, 0.3) is 5.91 Å². The third-order valence-electron chi connectivity index (χ3n) is 5.98. The zero-order chi connectivity index (χ0) is 20.1. The van der Waals surface area contributed by atoms with Gasteiger partial charge in [-0.15, -0.1) is 0 Å². The largest absolute Gasteiger partial charge is 0.351 e. The summed E-state index contributed by atoms with van der Waals surface area (Å²) in [6.45, 7) is 12.3. The Morgan fingerprint density at radius 3 is 2.75 bits per heavy atom. The van der Waals surface area contributed by atoms with Crippen LogP contribution in [0.4, 0.5) is 0 Å². The van der Waals surface area contributed by atoms with E-state index in [1.165, 1.54) is 36.9 Å². The Morgan fingerprint density at radius 2 is 2.00 bits per heavy atom. The van der Waals surface area contributed by atoms with Crippen LogP contribution >= 0.6 is 0 Å². The van der Waals surface area contributed by atoms with Crippen molar-refractivity contribution in [2.75, 3.05) is 19.6 Å². The fourth-order valence-corrected chi connectivity index (χ4v) is 4.40. The van der Waals surface area contributed by atoms with Gasteiger partial charge >= 0.3 is 0 Å². The number of carbonyl (C=O) groups is 1. The van der Waals surface area contributed by atoms with Crippen LogP contribution in [0.2, 0.25) is 0 Å². The Labute approximate surface area is 169 Å². The van der Waals surface area contributed by atoms with Gasteiger partial charge in [-0.2, -0.15) is 0 Å². The molecule has 0 spiro atoms. The molecule has 2 aromatic rings. The molecule has 1 aromatic heterocycles. The molecule has 0 bridgehead atoms. The summed E-state index contributed by atoms with van der Waals surface area (Å²) in [6.07, 6.45) is 4.97. The number of nitrogens with zero attached hydrogens (tertiary/aromatic N) is 2. The Morgan fingerprint density at radius 1 is 1.18 bits per heavy atom. The van der Waals surface area contributed by atoms with E-state index in [0.29, 0.717) is 6.04 Å². The summed E-state index contributed by atoms with van der Waals surface area (Å²) >= 11 is 0. The molecule has 4 heteroatoms. The zero-order valence-electron chi connectivity index (χ0n) is 17.9. The summed E-state index contributed by atoms with van der Waals surface area (Å²) in [4.78, 5) is 15.5. The van der Waals surface area contributed by atoms with Crippen molar-refractivity contribution in [2.45, 2.75) is 66.0 Å². The van der Waals surface area contributed by atoms with Crippen molar-refractivity contribution in [1.29, 1.82) is 0 Å². The number of nitrogens with one attached hydrogen (secondary N) is 1. The van der Waals surface area contributed by atoms with Gasteiger partial charge in [0.15, 0.2) is 0 Å². The lowest BCUT2D eigenvalue weighted by Gasteiger charge is -2.33. The van der Waals surface area contributed by atoms with Gasteiger partial charge in [-0.1, -0.05) is 36.2 Å². The molecule has 0 aliphatic carbocycles. The van der Waals surface area contributed by atoms with Crippen molar-refractivity contribution in [3.8, 4) is 0 Å². The van der Waals surface area contributed by atoms with E-state index in [9.17, 15) is 4.79 Å². The van der Waals surface area contributed by atoms with E-state index in [2.05, 4.69) is 65.9 Å². The number of benzene rings is 1. The lowest BCUT2D eigenvalue weighted by atomic mass is 10.0. The van der Waals surface area contributed by atoms with Crippen molar-refractivity contribution < 1.29 is 4.79 Å². The standard InChI is InChI=1S/C24H35N3O/c1-18-9-7-11-22(15-18)17-27-21(4)16-19(2)23(27)24(28)25-12-8-14-26-13-6-5-10-20(26)3/h7,9,11,15-16,20H,5-6,8,10,12-14,17H2,1-4H3,(H,25,28). The molecule has 1 N–H and O–H groups in total. The molecule has 152 valence electrons. The Hall–Kier alpha value is -2.07. The maximum atomic E-state index is 12.9. The van der Waals surface area contributed by atoms with Crippen LogP contribution < -0.4 is 5.32 Å². The molecule has 1 atom stereocenters. The Bertz CT molecular complexity index is 808. The van der Waals surface area contributed by atoms with Crippen molar-refractivity contribution in [2.24, 2.45) is 0 Å². The molecule has 1 saturated heterocycles.